The molecular formula is C22H18F2N4O2S2. The van der Waals surface area contributed by atoms with Crippen LogP contribution in [0.25, 0.3) is 11.3 Å². The molecule has 0 saturated carbocycles. The Balaban J connectivity index is 1.75. The quantitative estimate of drug-likeness (QED) is 0.421. The number of hydrogen-bond donors (Lipinski definition) is 2. The molecule has 0 spiro atoms. The highest BCUT2D eigenvalue weighted by molar-refractivity contribution is 7.92. The van der Waals surface area contributed by atoms with Crippen molar-refractivity contribution in [3.63, 3.8) is 0 Å². The lowest BCUT2D eigenvalue weighted by molar-refractivity contribution is 0.509. The average Bonchev–Trinajstić information content (AvgIpc) is 3.11. The highest BCUT2D eigenvalue weighted by atomic mass is 32.2. The van der Waals surface area contributed by atoms with E-state index < -0.39 is 21.7 Å². The van der Waals surface area contributed by atoms with Crippen molar-refractivity contribution in [3.05, 3.63) is 88.4 Å². The maximum absolute atomic E-state index is 13.9. The predicted molar refractivity (Wildman–Crippen MR) is 121 cm³/mol. The van der Waals surface area contributed by atoms with E-state index in [1.807, 2.05) is 30.3 Å². The standard InChI is InChI=1S/C22H18F2N4O2S2/c1-13-9-16(25)12-26-21(13)32(29,30)28-22-27-20(15-7-8-17(23)18(24)11-15)19(31-22)10-14-5-3-2-4-6-14/h2-9,11-12H,10,25H2,1H3,(H,27,28). The van der Waals surface area contributed by atoms with Crippen LogP contribution in [0.15, 0.2) is 65.8 Å². The first-order chi connectivity index (χ1) is 15.2. The molecule has 0 unspecified atom stereocenters. The summed E-state index contributed by atoms with van der Waals surface area (Å²) in [5.74, 6) is -1.98. The minimum Gasteiger partial charge on any atom is -0.397 e. The first-order valence-electron chi connectivity index (χ1n) is 9.47. The van der Waals surface area contributed by atoms with Crippen LogP contribution >= 0.6 is 11.3 Å². The number of aryl methyl sites for hydroxylation is 1. The summed E-state index contributed by atoms with van der Waals surface area (Å²) in [7, 11) is -4.04. The minimum absolute atomic E-state index is 0.0914. The third kappa shape index (κ3) is 4.61. The fourth-order valence-electron chi connectivity index (χ4n) is 3.19. The van der Waals surface area contributed by atoms with Gasteiger partial charge in [-0.25, -0.2) is 18.7 Å². The number of nitrogens with two attached hydrogens (primary N) is 1. The summed E-state index contributed by atoms with van der Waals surface area (Å²) in [6.07, 6.45) is 1.70. The van der Waals surface area contributed by atoms with Crippen LogP contribution < -0.4 is 10.5 Å². The van der Waals surface area contributed by atoms with E-state index in [2.05, 4.69) is 14.7 Å². The number of aromatic nitrogens is 2. The zero-order chi connectivity index (χ0) is 22.9. The smallest absolute Gasteiger partial charge is 0.281 e. The monoisotopic (exact) mass is 472 g/mol. The van der Waals surface area contributed by atoms with Gasteiger partial charge in [0.2, 0.25) is 0 Å². The van der Waals surface area contributed by atoms with Crippen molar-refractivity contribution in [3.8, 4) is 11.3 Å². The van der Waals surface area contributed by atoms with Gasteiger partial charge in [-0.3, -0.25) is 4.72 Å². The largest absolute Gasteiger partial charge is 0.397 e. The van der Waals surface area contributed by atoms with E-state index in [1.54, 1.807) is 6.92 Å². The first-order valence-corrected chi connectivity index (χ1v) is 11.8. The Morgan fingerprint density at radius 3 is 2.50 bits per heavy atom. The van der Waals surface area contributed by atoms with E-state index in [-0.39, 0.29) is 10.2 Å². The van der Waals surface area contributed by atoms with E-state index >= 15 is 0 Å². The fourth-order valence-corrected chi connectivity index (χ4v) is 5.61. The van der Waals surface area contributed by atoms with Crippen molar-refractivity contribution in [1.82, 2.24) is 9.97 Å². The molecule has 10 heteroatoms. The number of halogens is 2. The number of nitrogens with one attached hydrogen (secondary N) is 1. The van der Waals surface area contributed by atoms with Gasteiger partial charge in [-0.1, -0.05) is 30.3 Å². The molecule has 0 bridgehead atoms. The molecule has 0 saturated heterocycles. The number of nitrogen functional groups attached to an aromatic ring is 1. The molecule has 0 fully saturated rings. The Kier molecular flexibility index (Phi) is 5.90. The van der Waals surface area contributed by atoms with Crippen molar-refractivity contribution in [2.75, 3.05) is 10.5 Å². The van der Waals surface area contributed by atoms with Crippen molar-refractivity contribution in [2.24, 2.45) is 0 Å². The number of hydrogen-bond acceptors (Lipinski definition) is 6. The van der Waals surface area contributed by atoms with E-state index in [0.29, 0.717) is 33.8 Å². The van der Waals surface area contributed by atoms with E-state index in [4.69, 9.17) is 5.73 Å². The fraction of sp³-hybridized carbons (Fsp3) is 0.0909. The van der Waals surface area contributed by atoms with Crippen molar-refractivity contribution in [1.29, 1.82) is 0 Å². The normalized spacial score (nSPS) is 11.5. The average molecular weight is 473 g/mol. The summed E-state index contributed by atoms with van der Waals surface area (Å²) in [5, 5.41) is -0.0745. The number of rotatable bonds is 6. The topological polar surface area (TPSA) is 98.0 Å². The van der Waals surface area contributed by atoms with Gasteiger partial charge in [0.15, 0.2) is 21.8 Å². The maximum atomic E-state index is 13.9. The third-order valence-corrected chi connectivity index (χ3v) is 7.12. The molecule has 4 aromatic rings. The van der Waals surface area contributed by atoms with Gasteiger partial charge in [0.05, 0.1) is 17.6 Å². The summed E-state index contributed by atoms with van der Waals surface area (Å²) in [6.45, 7) is 1.59. The molecule has 0 amide bonds. The van der Waals surface area contributed by atoms with E-state index in [9.17, 15) is 17.2 Å². The van der Waals surface area contributed by atoms with Gasteiger partial charge < -0.3 is 5.73 Å². The zero-order valence-electron chi connectivity index (χ0n) is 16.8. The van der Waals surface area contributed by atoms with Gasteiger partial charge in [-0.2, -0.15) is 8.42 Å². The molecule has 0 aliphatic heterocycles. The first kappa shape index (κ1) is 21.8. The Morgan fingerprint density at radius 1 is 1.06 bits per heavy atom. The number of nitrogens with zero attached hydrogens (tertiary/aromatic N) is 2. The Labute approximate surface area is 187 Å². The van der Waals surface area contributed by atoms with Gasteiger partial charge in [-0.05, 0) is 42.3 Å². The highest BCUT2D eigenvalue weighted by Gasteiger charge is 2.23. The van der Waals surface area contributed by atoms with Gasteiger partial charge in [0.25, 0.3) is 10.0 Å². The molecule has 164 valence electrons. The van der Waals surface area contributed by atoms with Gasteiger partial charge >= 0.3 is 0 Å². The van der Waals surface area contributed by atoms with Crippen molar-refractivity contribution < 1.29 is 17.2 Å². The molecule has 3 N–H and O–H groups in total. The minimum atomic E-state index is -4.04. The molecule has 32 heavy (non-hydrogen) atoms. The molecule has 0 aliphatic carbocycles. The van der Waals surface area contributed by atoms with Crippen LogP contribution in [0.3, 0.4) is 0 Å². The maximum Gasteiger partial charge on any atom is 0.281 e. The SMILES string of the molecule is Cc1cc(N)cnc1S(=O)(=O)Nc1nc(-c2ccc(F)c(F)c2)c(Cc2ccccc2)s1. The Hall–Kier alpha value is -3.37. The highest BCUT2D eigenvalue weighted by Crippen LogP contribution is 2.34. The molecule has 0 aliphatic rings. The summed E-state index contributed by atoms with van der Waals surface area (Å²) in [6, 6.07) is 14.5. The summed E-state index contributed by atoms with van der Waals surface area (Å²) in [4.78, 5) is 9.02. The second-order valence-corrected chi connectivity index (χ2v) is 9.76. The Morgan fingerprint density at radius 2 is 1.81 bits per heavy atom. The van der Waals surface area contributed by atoms with Crippen LogP contribution in [0.2, 0.25) is 0 Å². The lowest BCUT2D eigenvalue weighted by Crippen LogP contribution is -2.16. The number of benzene rings is 2. The molecule has 2 heterocycles. The molecule has 6 nitrogen and oxygen atoms in total. The second kappa shape index (κ2) is 8.64. The zero-order valence-corrected chi connectivity index (χ0v) is 18.5. The lowest BCUT2D eigenvalue weighted by atomic mass is 10.1. The molecular weight excluding hydrogens is 454 g/mol. The number of sulfonamides is 1. The van der Waals surface area contributed by atoms with Crippen LogP contribution in [-0.2, 0) is 16.4 Å². The van der Waals surface area contributed by atoms with Crippen molar-refractivity contribution in [2.45, 2.75) is 18.4 Å². The molecule has 4 rings (SSSR count). The van der Waals surface area contributed by atoms with Gasteiger partial charge in [0.1, 0.15) is 0 Å². The second-order valence-electron chi connectivity index (χ2n) is 7.08. The van der Waals surface area contributed by atoms with E-state index in [1.165, 1.54) is 18.3 Å². The van der Waals surface area contributed by atoms with E-state index in [0.717, 1.165) is 29.0 Å². The van der Waals surface area contributed by atoms with Gasteiger partial charge in [0, 0.05) is 16.9 Å². The summed E-state index contributed by atoms with van der Waals surface area (Å²) < 4.78 is 55.5. The Bertz CT molecular complexity index is 1390. The number of anilines is 2. The summed E-state index contributed by atoms with van der Waals surface area (Å²) in [5.41, 5.74) is 8.08. The molecule has 0 radical (unpaired) electrons. The molecule has 0 atom stereocenters. The number of pyridine rings is 1. The lowest BCUT2D eigenvalue weighted by Gasteiger charge is -2.07. The predicted octanol–water partition coefficient (Wildman–Crippen LogP) is 4.77. The summed E-state index contributed by atoms with van der Waals surface area (Å²) >= 11 is 1.12. The third-order valence-electron chi connectivity index (χ3n) is 4.63. The number of thiazole rings is 1. The molecule has 2 aromatic carbocycles. The van der Waals surface area contributed by atoms with Crippen LogP contribution in [0.4, 0.5) is 19.6 Å². The van der Waals surface area contributed by atoms with Crippen LogP contribution in [0, 0.1) is 18.6 Å². The van der Waals surface area contributed by atoms with Crippen LogP contribution in [-0.4, -0.2) is 18.4 Å². The van der Waals surface area contributed by atoms with Crippen LogP contribution in [0.5, 0.6) is 0 Å². The van der Waals surface area contributed by atoms with Gasteiger partial charge in [-0.15, -0.1) is 11.3 Å². The van der Waals surface area contributed by atoms with Crippen molar-refractivity contribution >= 4 is 32.2 Å². The van der Waals surface area contributed by atoms with Crippen LogP contribution in [0.1, 0.15) is 16.0 Å². The molecule has 2 aromatic heterocycles.